The molecule has 0 aliphatic carbocycles. The Balaban J connectivity index is 1.30. The van der Waals surface area contributed by atoms with Crippen LogP contribution in [0.1, 0.15) is 16.4 Å². The second kappa shape index (κ2) is 7.87. The van der Waals surface area contributed by atoms with E-state index in [1.54, 1.807) is 28.3 Å². The molecule has 142 valence electrons. The summed E-state index contributed by atoms with van der Waals surface area (Å²) in [5, 5.41) is 8.03. The number of carbonyl (C=O) groups excluding carboxylic acids is 1. The molecule has 1 amide bonds. The van der Waals surface area contributed by atoms with Crippen LogP contribution in [0.25, 0.3) is 16.0 Å². The van der Waals surface area contributed by atoms with Gasteiger partial charge in [0.15, 0.2) is 5.82 Å². The van der Waals surface area contributed by atoms with Crippen LogP contribution in [0.2, 0.25) is 0 Å². The maximum atomic E-state index is 12.1. The van der Waals surface area contributed by atoms with Crippen LogP contribution in [0.4, 0.5) is 5.69 Å². The van der Waals surface area contributed by atoms with Crippen molar-refractivity contribution in [3.05, 3.63) is 65.1 Å². The highest BCUT2D eigenvalue weighted by Gasteiger charge is 2.08. The molecule has 1 aromatic carbocycles. The molecule has 0 bridgehead atoms. The zero-order valence-electron chi connectivity index (χ0n) is 15.5. The van der Waals surface area contributed by atoms with Crippen LogP contribution < -0.4 is 5.32 Å². The fraction of sp³-hybridized carbons (Fsp3) is 0.200. The third-order valence-corrected chi connectivity index (χ3v) is 5.06. The average molecular weight is 393 g/mol. The number of pyridine rings is 1. The third kappa shape index (κ3) is 4.08. The number of hydrogen-bond donors (Lipinski definition) is 1. The molecular formula is C20H19N5O2S. The molecule has 4 aromatic rings. The fourth-order valence-electron chi connectivity index (χ4n) is 2.86. The number of hydrogen-bond acceptors (Lipinski definition) is 6. The lowest BCUT2D eigenvalue weighted by Crippen LogP contribution is -2.18. The maximum Gasteiger partial charge on any atom is 0.250 e. The summed E-state index contributed by atoms with van der Waals surface area (Å²) >= 11 is 1.57. The van der Waals surface area contributed by atoms with E-state index in [0.29, 0.717) is 18.1 Å². The summed E-state index contributed by atoms with van der Waals surface area (Å²) in [6.07, 6.45) is 1.61. The zero-order valence-corrected chi connectivity index (χ0v) is 16.4. The Morgan fingerprint density at radius 1 is 1.21 bits per heavy atom. The molecule has 7 nitrogen and oxygen atoms in total. The number of aromatic nitrogens is 4. The van der Waals surface area contributed by atoms with E-state index in [9.17, 15) is 4.79 Å². The number of aryl methyl sites for hydroxylation is 2. The molecule has 0 unspecified atom stereocenters. The van der Waals surface area contributed by atoms with Crippen molar-refractivity contribution in [1.82, 2.24) is 19.7 Å². The summed E-state index contributed by atoms with van der Waals surface area (Å²) in [5.74, 6) is 0.470. The van der Waals surface area contributed by atoms with Crippen molar-refractivity contribution in [3.8, 4) is 5.82 Å². The standard InChI is InChI=1S/C20H19N5O2S/c1-13-9-14(2)25(24-13)18-8-7-15(10-21-18)22-19(26)11-27-12-20-23-16-5-3-4-6-17(16)28-20/h3-10H,11-12H2,1-2H3,(H,22,26). The van der Waals surface area contributed by atoms with Crippen LogP contribution in [-0.4, -0.2) is 32.3 Å². The molecule has 8 heteroatoms. The summed E-state index contributed by atoms with van der Waals surface area (Å²) in [5.41, 5.74) is 3.50. The first-order valence-corrected chi connectivity index (χ1v) is 9.62. The second-order valence-electron chi connectivity index (χ2n) is 6.36. The van der Waals surface area contributed by atoms with Gasteiger partial charge in [-0.15, -0.1) is 11.3 Å². The molecule has 0 aliphatic heterocycles. The molecule has 0 spiro atoms. The number of para-hydroxylation sites is 1. The second-order valence-corrected chi connectivity index (χ2v) is 7.48. The highest BCUT2D eigenvalue weighted by atomic mass is 32.1. The molecule has 0 fully saturated rings. The fourth-order valence-corrected chi connectivity index (χ4v) is 3.76. The number of amides is 1. The van der Waals surface area contributed by atoms with Crippen LogP contribution in [0.3, 0.4) is 0 Å². The molecule has 3 aromatic heterocycles. The smallest absolute Gasteiger partial charge is 0.250 e. The van der Waals surface area contributed by atoms with Gasteiger partial charge < -0.3 is 10.1 Å². The van der Waals surface area contributed by atoms with Gasteiger partial charge in [0, 0.05) is 5.69 Å². The molecular weight excluding hydrogens is 374 g/mol. The summed E-state index contributed by atoms with van der Waals surface area (Å²) in [6, 6.07) is 13.5. The van der Waals surface area contributed by atoms with Gasteiger partial charge in [0.2, 0.25) is 5.91 Å². The van der Waals surface area contributed by atoms with Crippen molar-refractivity contribution < 1.29 is 9.53 Å². The lowest BCUT2D eigenvalue weighted by Gasteiger charge is -2.07. The van der Waals surface area contributed by atoms with Crippen molar-refractivity contribution in [1.29, 1.82) is 0 Å². The van der Waals surface area contributed by atoms with Crippen molar-refractivity contribution in [2.24, 2.45) is 0 Å². The average Bonchev–Trinajstić information content (AvgIpc) is 3.24. The Labute approximate surface area is 166 Å². The Hall–Kier alpha value is -3.10. The van der Waals surface area contributed by atoms with Gasteiger partial charge in [-0.05, 0) is 44.2 Å². The molecule has 1 N–H and O–H groups in total. The number of anilines is 1. The molecule has 0 aliphatic rings. The number of nitrogens with zero attached hydrogens (tertiary/aromatic N) is 4. The monoisotopic (exact) mass is 393 g/mol. The Bertz CT molecular complexity index is 1080. The summed E-state index contributed by atoms with van der Waals surface area (Å²) in [7, 11) is 0. The largest absolute Gasteiger partial charge is 0.364 e. The lowest BCUT2D eigenvalue weighted by atomic mass is 10.3. The molecule has 3 heterocycles. The first kappa shape index (κ1) is 18.3. The van der Waals surface area contributed by atoms with Gasteiger partial charge in [-0.2, -0.15) is 5.10 Å². The van der Waals surface area contributed by atoms with Gasteiger partial charge in [-0.1, -0.05) is 12.1 Å². The molecule has 28 heavy (non-hydrogen) atoms. The van der Waals surface area contributed by atoms with Gasteiger partial charge in [0.25, 0.3) is 0 Å². The van der Waals surface area contributed by atoms with Crippen LogP contribution in [0.15, 0.2) is 48.7 Å². The summed E-state index contributed by atoms with van der Waals surface area (Å²) in [4.78, 5) is 20.9. The van der Waals surface area contributed by atoms with E-state index in [1.165, 1.54) is 0 Å². The van der Waals surface area contributed by atoms with Gasteiger partial charge in [-0.25, -0.2) is 14.6 Å². The Morgan fingerprint density at radius 2 is 2.07 bits per heavy atom. The van der Waals surface area contributed by atoms with E-state index in [2.05, 4.69) is 20.4 Å². The highest BCUT2D eigenvalue weighted by Crippen LogP contribution is 2.22. The van der Waals surface area contributed by atoms with Gasteiger partial charge in [0.1, 0.15) is 11.6 Å². The van der Waals surface area contributed by atoms with Gasteiger partial charge in [0.05, 0.1) is 34.4 Å². The van der Waals surface area contributed by atoms with E-state index in [-0.39, 0.29) is 12.5 Å². The van der Waals surface area contributed by atoms with Crippen LogP contribution >= 0.6 is 11.3 Å². The SMILES string of the molecule is Cc1cc(C)n(-c2ccc(NC(=O)COCc3nc4ccccc4s3)cn2)n1. The Morgan fingerprint density at radius 3 is 2.79 bits per heavy atom. The molecule has 4 rings (SSSR count). The van der Waals surface area contributed by atoms with Crippen LogP contribution in [0, 0.1) is 13.8 Å². The number of fused-ring (bicyclic) bond motifs is 1. The number of nitrogens with one attached hydrogen (secondary N) is 1. The number of benzene rings is 1. The predicted molar refractivity (Wildman–Crippen MR) is 109 cm³/mol. The lowest BCUT2D eigenvalue weighted by molar-refractivity contribution is -0.121. The van der Waals surface area contributed by atoms with Crippen molar-refractivity contribution in [3.63, 3.8) is 0 Å². The summed E-state index contributed by atoms with van der Waals surface area (Å²) in [6.45, 7) is 4.17. The Kier molecular flexibility index (Phi) is 5.14. The van der Waals surface area contributed by atoms with Crippen LogP contribution in [-0.2, 0) is 16.1 Å². The van der Waals surface area contributed by atoms with E-state index < -0.39 is 0 Å². The van der Waals surface area contributed by atoms with E-state index in [4.69, 9.17) is 4.74 Å². The minimum atomic E-state index is -0.234. The zero-order chi connectivity index (χ0) is 19.5. The number of thiazole rings is 1. The van der Waals surface area contributed by atoms with Crippen LogP contribution in [0.5, 0.6) is 0 Å². The quantitative estimate of drug-likeness (QED) is 0.541. The number of ether oxygens (including phenoxy) is 1. The normalized spacial score (nSPS) is 11.1. The first-order valence-electron chi connectivity index (χ1n) is 8.80. The van der Waals surface area contributed by atoms with E-state index >= 15 is 0 Å². The van der Waals surface area contributed by atoms with Crippen molar-refractivity contribution in [2.75, 3.05) is 11.9 Å². The maximum absolute atomic E-state index is 12.1. The molecule has 0 saturated heterocycles. The first-order chi connectivity index (χ1) is 13.6. The van der Waals surface area contributed by atoms with Gasteiger partial charge >= 0.3 is 0 Å². The molecule has 0 atom stereocenters. The minimum Gasteiger partial charge on any atom is -0.364 e. The number of rotatable bonds is 6. The predicted octanol–water partition coefficient (Wildman–Crippen LogP) is 3.65. The third-order valence-electron chi connectivity index (χ3n) is 4.06. The topological polar surface area (TPSA) is 81.9 Å². The highest BCUT2D eigenvalue weighted by molar-refractivity contribution is 7.18. The van der Waals surface area contributed by atoms with Crippen molar-refractivity contribution in [2.45, 2.75) is 20.5 Å². The molecule has 0 saturated carbocycles. The molecule has 0 radical (unpaired) electrons. The van der Waals surface area contributed by atoms with Gasteiger partial charge in [-0.3, -0.25) is 4.79 Å². The van der Waals surface area contributed by atoms with E-state index in [1.807, 2.05) is 50.2 Å². The minimum absolute atomic E-state index is 0.0465. The van der Waals surface area contributed by atoms with Crippen molar-refractivity contribution >= 4 is 33.1 Å². The van der Waals surface area contributed by atoms with E-state index in [0.717, 1.165) is 26.6 Å². The number of carbonyl (C=O) groups is 1. The summed E-state index contributed by atoms with van der Waals surface area (Å²) < 4.78 is 8.37.